The van der Waals surface area contributed by atoms with Gasteiger partial charge in [-0.2, -0.15) is 0 Å². The van der Waals surface area contributed by atoms with Crippen molar-refractivity contribution in [3.05, 3.63) is 35.9 Å². The lowest BCUT2D eigenvalue weighted by Crippen LogP contribution is -2.20. The van der Waals surface area contributed by atoms with Crippen LogP contribution in [0.15, 0.2) is 30.3 Å². The molecule has 0 aliphatic heterocycles. The van der Waals surface area contributed by atoms with Crippen LogP contribution in [0.1, 0.15) is 31.1 Å². The van der Waals surface area contributed by atoms with Gasteiger partial charge in [0.2, 0.25) is 0 Å². The molecule has 0 amide bonds. The van der Waals surface area contributed by atoms with Gasteiger partial charge in [0.05, 0.1) is 5.52 Å². The molecule has 1 heterocycles. The molecule has 0 aliphatic carbocycles. The fourth-order valence-electron chi connectivity index (χ4n) is 1.72. The summed E-state index contributed by atoms with van der Waals surface area (Å²) in [5.74, 6) is 0.628. The molecule has 0 fully saturated rings. The minimum atomic E-state index is -0.366. The highest BCUT2D eigenvalue weighted by Crippen LogP contribution is 2.23. The highest BCUT2D eigenvalue weighted by molar-refractivity contribution is 6.02. The van der Waals surface area contributed by atoms with E-state index in [0.717, 1.165) is 16.5 Å². The smallest absolute Gasteiger partial charge is 0.168 e. The summed E-state index contributed by atoms with van der Waals surface area (Å²) in [5.41, 5.74) is 6.78. The van der Waals surface area contributed by atoms with Crippen molar-refractivity contribution in [1.82, 2.24) is 4.98 Å². The molecular weight excluding hydrogens is 212 g/mol. The standard InChI is InChI=1S/C14H16N2O/c1-14(2,3)13(17)10-4-6-11-9(8-10)5-7-12(15)16-11/h4-8H,1-3H3,(H2,15,16). The van der Waals surface area contributed by atoms with Gasteiger partial charge in [0, 0.05) is 16.4 Å². The van der Waals surface area contributed by atoms with Gasteiger partial charge in [0.1, 0.15) is 5.82 Å². The van der Waals surface area contributed by atoms with Crippen molar-refractivity contribution in [2.24, 2.45) is 5.41 Å². The predicted molar refractivity (Wildman–Crippen MR) is 69.9 cm³/mol. The number of nitrogens with two attached hydrogens (primary N) is 1. The minimum absolute atomic E-state index is 0.135. The van der Waals surface area contributed by atoms with E-state index in [1.165, 1.54) is 0 Å². The number of fused-ring (bicyclic) bond motifs is 1. The molecule has 0 bridgehead atoms. The zero-order valence-corrected chi connectivity index (χ0v) is 10.3. The number of nitrogen functional groups attached to an aromatic ring is 1. The van der Waals surface area contributed by atoms with Crippen LogP contribution >= 0.6 is 0 Å². The fraction of sp³-hybridized carbons (Fsp3) is 0.286. The maximum Gasteiger partial charge on any atom is 0.168 e. The number of ketones is 1. The van der Waals surface area contributed by atoms with Gasteiger partial charge >= 0.3 is 0 Å². The average Bonchev–Trinajstić information content (AvgIpc) is 2.26. The third-order valence-corrected chi connectivity index (χ3v) is 2.65. The van der Waals surface area contributed by atoms with Crippen LogP contribution in [0.25, 0.3) is 10.9 Å². The zero-order valence-electron chi connectivity index (χ0n) is 10.3. The number of carbonyl (C=O) groups excluding carboxylic acids is 1. The number of hydrogen-bond donors (Lipinski definition) is 1. The van der Waals surface area contributed by atoms with Crippen LogP contribution in [0.5, 0.6) is 0 Å². The van der Waals surface area contributed by atoms with Gasteiger partial charge in [-0.05, 0) is 30.3 Å². The number of rotatable bonds is 1. The van der Waals surface area contributed by atoms with Crippen molar-refractivity contribution < 1.29 is 4.79 Å². The van der Waals surface area contributed by atoms with Crippen molar-refractivity contribution >= 4 is 22.5 Å². The summed E-state index contributed by atoms with van der Waals surface area (Å²) in [6.07, 6.45) is 0. The van der Waals surface area contributed by atoms with Crippen molar-refractivity contribution in [3.63, 3.8) is 0 Å². The van der Waals surface area contributed by atoms with Gasteiger partial charge in [-0.25, -0.2) is 4.98 Å². The Morgan fingerprint density at radius 3 is 2.53 bits per heavy atom. The Kier molecular flexibility index (Phi) is 2.62. The van der Waals surface area contributed by atoms with Crippen LogP contribution in [-0.4, -0.2) is 10.8 Å². The van der Waals surface area contributed by atoms with Crippen molar-refractivity contribution in [2.75, 3.05) is 5.73 Å². The van der Waals surface area contributed by atoms with E-state index in [-0.39, 0.29) is 11.2 Å². The first-order valence-corrected chi connectivity index (χ1v) is 5.59. The monoisotopic (exact) mass is 228 g/mol. The highest BCUT2D eigenvalue weighted by Gasteiger charge is 2.22. The first-order valence-electron chi connectivity index (χ1n) is 5.59. The number of hydrogen-bond acceptors (Lipinski definition) is 3. The normalized spacial score (nSPS) is 11.7. The number of Topliss-reactive ketones (excluding diaryl/α,β-unsaturated/α-hetero) is 1. The SMILES string of the molecule is CC(C)(C)C(=O)c1ccc2nc(N)ccc2c1. The lowest BCUT2D eigenvalue weighted by molar-refractivity contribution is 0.0858. The van der Waals surface area contributed by atoms with E-state index >= 15 is 0 Å². The van der Waals surface area contributed by atoms with E-state index in [1.807, 2.05) is 45.0 Å². The number of nitrogens with zero attached hydrogens (tertiary/aromatic N) is 1. The molecule has 2 aromatic rings. The third kappa shape index (κ3) is 2.28. The summed E-state index contributed by atoms with van der Waals surface area (Å²) in [6.45, 7) is 5.75. The molecule has 2 rings (SSSR count). The zero-order chi connectivity index (χ0) is 12.6. The summed E-state index contributed by atoms with van der Waals surface area (Å²) >= 11 is 0. The van der Waals surface area contributed by atoms with E-state index in [9.17, 15) is 4.79 Å². The van der Waals surface area contributed by atoms with Gasteiger partial charge in [-0.3, -0.25) is 4.79 Å². The molecule has 1 aromatic carbocycles. The van der Waals surface area contributed by atoms with Crippen molar-refractivity contribution in [2.45, 2.75) is 20.8 Å². The quantitative estimate of drug-likeness (QED) is 0.763. The Bertz CT molecular complexity index is 582. The van der Waals surface area contributed by atoms with Gasteiger partial charge in [-0.1, -0.05) is 20.8 Å². The molecule has 3 nitrogen and oxygen atoms in total. The number of aromatic nitrogens is 1. The average molecular weight is 228 g/mol. The second kappa shape index (κ2) is 3.84. The molecule has 88 valence electrons. The second-order valence-electron chi connectivity index (χ2n) is 5.22. The Labute approximate surface area is 101 Å². The van der Waals surface area contributed by atoms with E-state index in [4.69, 9.17) is 5.73 Å². The van der Waals surface area contributed by atoms with E-state index in [0.29, 0.717) is 5.82 Å². The number of benzene rings is 1. The molecule has 0 aliphatic rings. The fourth-order valence-corrected chi connectivity index (χ4v) is 1.72. The maximum absolute atomic E-state index is 12.1. The number of anilines is 1. The minimum Gasteiger partial charge on any atom is -0.384 e. The molecule has 0 saturated heterocycles. The molecule has 17 heavy (non-hydrogen) atoms. The van der Waals surface area contributed by atoms with Crippen LogP contribution < -0.4 is 5.73 Å². The van der Waals surface area contributed by atoms with E-state index in [2.05, 4.69) is 4.98 Å². The predicted octanol–water partition coefficient (Wildman–Crippen LogP) is 3.05. The van der Waals surface area contributed by atoms with Gasteiger partial charge in [0.15, 0.2) is 5.78 Å². The summed E-state index contributed by atoms with van der Waals surface area (Å²) < 4.78 is 0. The van der Waals surface area contributed by atoms with Crippen LogP contribution in [-0.2, 0) is 0 Å². The maximum atomic E-state index is 12.1. The molecule has 0 atom stereocenters. The summed E-state index contributed by atoms with van der Waals surface area (Å²) in [7, 11) is 0. The highest BCUT2D eigenvalue weighted by atomic mass is 16.1. The summed E-state index contributed by atoms with van der Waals surface area (Å²) in [6, 6.07) is 9.15. The van der Waals surface area contributed by atoms with E-state index < -0.39 is 0 Å². The Morgan fingerprint density at radius 1 is 1.18 bits per heavy atom. The molecule has 0 unspecified atom stereocenters. The Balaban J connectivity index is 2.52. The first kappa shape index (κ1) is 11.6. The second-order valence-corrected chi connectivity index (χ2v) is 5.22. The Hall–Kier alpha value is -1.90. The molecule has 0 saturated carbocycles. The third-order valence-electron chi connectivity index (χ3n) is 2.65. The first-order chi connectivity index (χ1) is 7.88. The topological polar surface area (TPSA) is 56.0 Å². The largest absolute Gasteiger partial charge is 0.384 e. The number of pyridine rings is 1. The Morgan fingerprint density at radius 2 is 1.88 bits per heavy atom. The van der Waals surface area contributed by atoms with Crippen LogP contribution in [0, 0.1) is 5.41 Å². The van der Waals surface area contributed by atoms with Crippen LogP contribution in [0.4, 0.5) is 5.82 Å². The van der Waals surface area contributed by atoms with Gasteiger partial charge in [-0.15, -0.1) is 0 Å². The summed E-state index contributed by atoms with van der Waals surface area (Å²) in [5, 5.41) is 0.939. The summed E-state index contributed by atoms with van der Waals surface area (Å²) in [4.78, 5) is 16.3. The molecule has 0 radical (unpaired) electrons. The number of carbonyl (C=O) groups is 1. The molecule has 3 heteroatoms. The van der Waals surface area contributed by atoms with Gasteiger partial charge < -0.3 is 5.73 Å². The lowest BCUT2D eigenvalue weighted by atomic mass is 9.86. The van der Waals surface area contributed by atoms with E-state index in [1.54, 1.807) is 6.07 Å². The van der Waals surface area contributed by atoms with Gasteiger partial charge in [0.25, 0.3) is 0 Å². The van der Waals surface area contributed by atoms with Crippen molar-refractivity contribution in [3.8, 4) is 0 Å². The molecular formula is C14H16N2O. The lowest BCUT2D eigenvalue weighted by Gasteiger charge is -2.16. The van der Waals surface area contributed by atoms with Crippen molar-refractivity contribution in [1.29, 1.82) is 0 Å². The molecule has 1 aromatic heterocycles. The van der Waals surface area contributed by atoms with Crippen LogP contribution in [0.3, 0.4) is 0 Å². The molecule has 0 spiro atoms. The van der Waals surface area contributed by atoms with Crippen LogP contribution in [0.2, 0.25) is 0 Å². The molecule has 2 N–H and O–H groups in total.